The van der Waals surface area contributed by atoms with E-state index in [0.717, 1.165) is 0 Å². The number of terminal acetylenes is 2. The molecule has 0 aromatic carbocycles. The molecule has 0 spiro atoms. The zero-order valence-corrected chi connectivity index (χ0v) is 17.5. The Bertz CT molecular complexity index is 1530. The van der Waals surface area contributed by atoms with Crippen molar-refractivity contribution < 1.29 is 4.79 Å². The van der Waals surface area contributed by atoms with Crippen LogP contribution in [0.15, 0.2) is 11.3 Å². The highest BCUT2D eigenvalue weighted by Gasteiger charge is 2.08. The van der Waals surface area contributed by atoms with E-state index >= 15 is 0 Å². The average molecular weight is 401 g/mol. The molecule has 0 N–H and O–H groups in total. The third kappa shape index (κ3) is 14.0. The van der Waals surface area contributed by atoms with Gasteiger partial charge in [-0.3, -0.25) is 4.79 Å². The maximum absolute atomic E-state index is 11.7. The monoisotopic (exact) mass is 401 g/mol. The van der Waals surface area contributed by atoms with Gasteiger partial charge in [-0.05, 0) is 131 Å². The SMILES string of the molecule is C#CC#CC#CC#CC#CC#C/C(C)=C(/C#CC#CC#CC#CC#CC#C)N(C)C(C)=O. The summed E-state index contributed by atoms with van der Waals surface area (Å²) in [7, 11) is 1.58. The van der Waals surface area contributed by atoms with Crippen LogP contribution in [0.5, 0.6) is 0 Å². The molecule has 0 heterocycles. The zero-order chi connectivity index (χ0) is 23.9. The number of amides is 1. The van der Waals surface area contributed by atoms with Crippen LogP contribution in [0.4, 0.5) is 0 Å². The quantitative estimate of drug-likeness (QED) is 0.602. The van der Waals surface area contributed by atoms with Gasteiger partial charge in [-0.15, -0.1) is 12.8 Å². The third-order valence-corrected chi connectivity index (χ3v) is 2.74. The van der Waals surface area contributed by atoms with E-state index in [9.17, 15) is 4.79 Å². The van der Waals surface area contributed by atoms with Crippen LogP contribution in [0, 0.1) is 143 Å². The Morgan fingerprint density at radius 2 is 0.844 bits per heavy atom. The van der Waals surface area contributed by atoms with Crippen molar-refractivity contribution in [3.05, 3.63) is 11.3 Å². The molecule has 0 aliphatic heterocycles. The first-order valence-electron chi connectivity index (χ1n) is 8.43. The van der Waals surface area contributed by atoms with Crippen LogP contribution in [0.3, 0.4) is 0 Å². The highest BCUT2D eigenvalue weighted by atomic mass is 16.2. The van der Waals surface area contributed by atoms with E-state index in [4.69, 9.17) is 12.8 Å². The van der Waals surface area contributed by atoms with Gasteiger partial charge in [-0.25, -0.2) is 0 Å². The minimum Gasteiger partial charge on any atom is -0.308 e. The molecule has 0 saturated heterocycles. The zero-order valence-electron chi connectivity index (χ0n) is 17.5. The van der Waals surface area contributed by atoms with Crippen LogP contribution in [0.2, 0.25) is 0 Å². The number of hydrogen-bond donors (Lipinski definition) is 0. The van der Waals surface area contributed by atoms with E-state index in [2.05, 4.69) is 130 Å². The molecule has 0 aromatic rings. The summed E-state index contributed by atoms with van der Waals surface area (Å²) in [6.45, 7) is 3.12. The molecule has 0 aliphatic rings. The molecule has 0 rings (SSSR count). The standard InChI is InChI=1S/C30H11NO/c1-6-8-10-12-14-16-18-20-22-24-26-28(3)30(31(5)29(4)32)27-25-23-21-19-17-15-13-11-9-7-2/h1-2H,3-5H3/b30-28-. The van der Waals surface area contributed by atoms with Gasteiger partial charge in [-0.1, -0.05) is 5.92 Å². The van der Waals surface area contributed by atoms with E-state index in [0.29, 0.717) is 11.3 Å². The summed E-state index contributed by atoms with van der Waals surface area (Å²) in [5, 5.41) is 0. The Hall–Kier alpha value is -6.07. The summed E-state index contributed by atoms with van der Waals surface area (Å²) in [6.07, 6.45) is 9.90. The fraction of sp³-hybridized carbons (Fsp3) is 0.100. The van der Waals surface area contributed by atoms with E-state index in [1.807, 2.05) is 0 Å². The fourth-order valence-electron chi connectivity index (χ4n) is 1.37. The van der Waals surface area contributed by atoms with Crippen molar-refractivity contribution in [2.75, 3.05) is 7.05 Å². The molecule has 0 unspecified atom stereocenters. The number of carbonyl (C=O) groups excluding carboxylic acids is 1. The maximum atomic E-state index is 11.7. The minimum atomic E-state index is -0.213. The molecule has 142 valence electrons. The molecule has 0 aromatic heterocycles. The summed E-state index contributed by atoms with van der Waals surface area (Å²) >= 11 is 0. The molecule has 0 bridgehead atoms. The highest BCUT2D eigenvalue weighted by Crippen LogP contribution is 2.07. The predicted octanol–water partition coefficient (Wildman–Crippen LogP) is 1.04. The number of hydrogen-bond acceptors (Lipinski definition) is 1. The lowest BCUT2D eigenvalue weighted by atomic mass is 10.2. The van der Waals surface area contributed by atoms with Crippen LogP contribution >= 0.6 is 0 Å². The Morgan fingerprint density at radius 1 is 0.531 bits per heavy atom. The van der Waals surface area contributed by atoms with E-state index in [1.165, 1.54) is 11.8 Å². The first-order valence-corrected chi connectivity index (χ1v) is 8.43. The molecule has 32 heavy (non-hydrogen) atoms. The Kier molecular flexibility index (Phi) is 14.8. The topological polar surface area (TPSA) is 20.3 Å². The number of allylic oxidation sites excluding steroid dienone is 2. The van der Waals surface area contributed by atoms with Crippen molar-refractivity contribution in [2.24, 2.45) is 0 Å². The molecular formula is C30H11NO. The van der Waals surface area contributed by atoms with Crippen molar-refractivity contribution in [1.82, 2.24) is 4.90 Å². The summed E-state index contributed by atoms with van der Waals surface area (Å²) in [6, 6.07) is 0. The van der Waals surface area contributed by atoms with Crippen molar-refractivity contribution in [3.63, 3.8) is 0 Å². The highest BCUT2D eigenvalue weighted by molar-refractivity contribution is 5.76. The maximum Gasteiger partial charge on any atom is 0.224 e. The van der Waals surface area contributed by atoms with Gasteiger partial charge in [0.25, 0.3) is 0 Å². The molecule has 0 aliphatic carbocycles. The lowest BCUT2D eigenvalue weighted by Crippen LogP contribution is -2.23. The fourth-order valence-corrected chi connectivity index (χ4v) is 1.37. The lowest BCUT2D eigenvalue weighted by molar-refractivity contribution is -0.125. The Labute approximate surface area is 191 Å². The molecule has 0 saturated carbocycles. The molecule has 0 fully saturated rings. The second-order valence-corrected chi connectivity index (χ2v) is 4.84. The molecule has 0 radical (unpaired) electrons. The number of rotatable bonds is 1. The number of carbonyl (C=O) groups is 1. The average Bonchev–Trinajstić information content (AvgIpc) is 2.78. The summed E-state index contributed by atoms with van der Waals surface area (Å²) in [5.41, 5.74) is 0.926. The molecule has 2 heteroatoms. The van der Waals surface area contributed by atoms with Gasteiger partial charge < -0.3 is 4.90 Å². The first kappa shape index (κ1) is 25.9. The van der Waals surface area contributed by atoms with Crippen molar-refractivity contribution in [3.8, 4) is 143 Å². The van der Waals surface area contributed by atoms with Crippen molar-refractivity contribution >= 4 is 5.91 Å². The van der Waals surface area contributed by atoms with Gasteiger partial charge >= 0.3 is 0 Å². The summed E-state index contributed by atoms with van der Waals surface area (Å²) in [4.78, 5) is 13.1. The van der Waals surface area contributed by atoms with Crippen molar-refractivity contribution in [2.45, 2.75) is 13.8 Å². The largest absolute Gasteiger partial charge is 0.308 e. The molecule has 2 nitrogen and oxygen atoms in total. The Morgan fingerprint density at radius 3 is 1.19 bits per heavy atom. The Balaban J connectivity index is 5.56. The van der Waals surface area contributed by atoms with Crippen LogP contribution < -0.4 is 0 Å². The van der Waals surface area contributed by atoms with Crippen LogP contribution in [-0.4, -0.2) is 17.9 Å². The third-order valence-electron chi connectivity index (χ3n) is 2.74. The van der Waals surface area contributed by atoms with E-state index in [-0.39, 0.29) is 5.91 Å². The minimum absolute atomic E-state index is 0.213. The predicted molar refractivity (Wildman–Crippen MR) is 127 cm³/mol. The van der Waals surface area contributed by atoms with E-state index in [1.54, 1.807) is 14.0 Å². The van der Waals surface area contributed by atoms with Gasteiger partial charge in [0.05, 0.1) is 0 Å². The normalized spacial score (nSPS) is 6.53. The van der Waals surface area contributed by atoms with Gasteiger partial charge in [-0.2, -0.15) is 0 Å². The lowest BCUT2D eigenvalue weighted by Gasteiger charge is -2.15. The second kappa shape index (κ2) is 18.3. The van der Waals surface area contributed by atoms with Crippen LogP contribution in [-0.2, 0) is 4.79 Å². The summed E-state index contributed by atoms with van der Waals surface area (Å²) < 4.78 is 0. The van der Waals surface area contributed by atoms with Crippen molar-refractivity contribution in [1.29, 1.82) is 0 Å². The molecule has 0 atom stereocenters. The van der Waals surface area contributed by atoms with Gasteiger partial charge in [0, 0.05) is 19.5 Å². The molecular weight excluding hydrogens is 390 g/mol. The van der Waals surface area contributed by atoms with Gasteiger partial charge in [0.2, 0.25) is 5.91 Å². The van der Waals surface area contributed by atoms with Gasteiger partial charge in [0.1, 0.15) is 5.70 Å². The van der Waals surface area contributed by atoms with Crippen LogP contribution in [0.1, 0.15) is 13.8 Å². The summed E-state index contributed by atoms with van der Waals surface area (Å²) in [5.74, 6) is 54.4. The van der Waals surface area contributed by atoms with E-state index < -0.39 is 0 Å². The van der Waals surface area contributed by atoms with Gasteiger partial charge in [0.15, 0.2) is 0 Å². The second-order valence-electron chi connectivity index (χ2n) is 4.84. The number of nitrogens with zero attached hydrogens (tertiary/aromatic N) is 1. The smallest absolute Gasteiger partial charge is 0.224 e. The first-order chi connectivity index (χ1) is 15.5. The van der Waals surface area contributed by atoms with Crippen LogP contribution in [0.25, 0.3) is 0 Å². The molecule has 1 amide bonds.